The molecule has 0 fully saturated rings. The lowest BCUT2D eigenvalue weighted by molar-refractivity contribution is -0.134. The molecular formula is C11H11NO3. The predicted molar refractivity (Wildman–Crippen MR) is 56.0 cm³/mol. The molecule has 1 rings (SSSR count). The Labute approximate surface area is 87.3 Å². The van der Waals surface area contributed by atoms with Crippen molar-refractivity contribution in [2.24, 2.45) is 5.73 Å². The molecule has 1 aromatic carbocycles. The highest BCUT2D eigenvalue weighted by atomic mass is 16.5. The highest BCUT2D eigenvalue weighted by Crippen LogP contribution is 2.09. The van der Waals surface area contributed by atoms with Crippen molar-refractivity contribution in [1.29, 1.82) is 0 Å². The molecule has 0 saturated heterocycles. The Bertz CT molecular complexity index is 410. The van der Waals surface area contributed by atoms with Gasteiger partial charge in [-0.2, -0.15) is 0 Å². The molecule has 0 radical (unpaired) electrons. The van der Waals surface area contributed by atoms with Crippen LogP contribution in [0.15, 0.2) is 30.3 Å². The Morgan fingerprint density at radius 1 is 1.33 bits per heavy atom. The molecule has 0 aromatic heterocycles. The average Bonchev–Trinajstić information content (AvgIpc) is 2.26. The van der Waals surface area contributed by atoms with Gasteiger partial charge in [0.2, 0.25) is 5.91 Å². The average molecular weight is 205 g/mol. The molecule has 0 aliphatic carbocycles. The zero-order valence-electron chi connectivity index (χ0n) is 8.27. The predicted octanol–water partition coefficient (Wildman–Crippen LogP) is 0.972. The van der Waals surface area contributed by atoms with Crippen molar-refractivity contribution in [3.63, 3.8) is 0 Å². The normalized spacial score (nSPS) is 10.2. The largest absolute Gasteiger partial charge is 0.466 e. The van der Waals surface area contributed by atoms with E-state index >= 15 is 0 Å². The SMILES string of the molecule is COC(=O)C=Cc1ccccc1C(N)=O. The van der Waals surface area contributed by atoms with Crippen molar-refractivity contribution in [2.75, 3.05) is 7.11 Å². The fourth-order valence-corrected chi connectivity index (χ4v) is 1.09. The first-order valence-electron chi connectivity index (χ1n) is 4.30. The molecule has 0 aliphatic rings. The van der Waals surface area contributed by atoms with Crippen LogP contribution in [0.1, 0.15) is 15.9 Å². The van der Waals surface area contributed by atoms with E-state index in [4.69, 9.17) is 5.73 Å². The molecule has 4 nitrogen and oxygen atoms in total. The first kappa shape index (κ1) is 11.0. The molecule has 0 saturated carbocycles. The summed E-state index contributed by atoms with van der Waals surface area (Å²) in [5.74, 6) is -1.01. The van der Waals surface area contributed by atoms with Crippen LogP contribution in [0.5, 0.6) is 0 Å². The number of nitrogens with two attached hydrogens (primary N) is 1. The van der Waals surface area contributed by atoms with Crippen LogP contribution in [0.4, 0.5) is 0 Å². The Balaban J connectivity index is 2.99. The minimum absolute atomic E-state index is 0.373. The van der Waals surface area contributed by atoms with E-state index in [1.807, 2.05) is 0 Å². The molecule has 0 spiro atoms. The Morgan fingerprint density at radius 3 is 2.60 bits per heavy atom. The summed E-state index contributed by atoms with van der Waals surface area (Å²) in [6.07, 6.45) is 2.73. The molecule has 0 heterocycles. The lowest BCUT2D eigenvalue weighted by Gasteiger charge is -2.00. The molecule has 0 bridgehead atoms. The van der Waals surface area contributed by atoms with Crippen molar-refractivity contribution in [3.05, 3.63) is 41.5 Å². The standard InChI is InChI=1S/C11H11NO3/c1-15-10(13)7-6-8-4-2-3-5-9(8)11(12)14/h2-7H,1H3,(H2,12,14). The maximum atomic E-state index is 11.0. The van der Waals surface area contributed by atoms with Crippen molar-refractivity contribution >= 4 is 18.0 Å². The molecule has 0 atom stereocenters. The molecule has 78 valence electrons. The minimum Gasteiger partial charge on any atom is -0.466 e. The quantitative estimate of drug-likeness (QED) is 0.590. The van der Waals surface area contributed by atoms with Crippen LogP contribution in [0.2, 0.25) is 0 Å². The zero-order valence-corrected chi connectivity index (χ0v) is 8.27. The fraction of sp³-hybridized carbons (Fsp3) is 0.0909. The molecule has 1 amide bonds. The van der Waals surface area contributed by atoms with E-state index in [2.05, 4.69) is 4.74 Å². The number of hydrogen-bond acceptors (Lipinski definition) is 3. The minimum atomic E-state index is -0.528. The third kappa shape index (κ3) is 2.95. The van der Waals surface area contributed by atoms with E-state index in [0.29, 0.717) is 11.1 Å². The van der Waals surface area contributed by atoms with Gasteiger partial charge in [-0.15, -0.1) is 0 Å². The van der Waals surface area contributed by atoms with E-state index < -0.39 is 11.9 Å². The van der Waals surface area contributed by atoms with Gasteiger partial charge in [0.25, 0.3) is 0 Å². The highest BCUT2D eigenvalue weighted by Gasteiger charge is 2.04. The number of esters is 1. The number of hydrogen-bond donors (Lipinski definition) is 1. The molecule has 1 aromatic rings. The van der Waals surface area contributed by atoms with Gasteiger partial charge in [-0.1, -0.05) is 18.2 Å². The first-order valence-corrected chi connectivity index (χ1v) is 4.30. The highest BCUT2D eigenvalue weighted by molar-refractivity contribution is 5.98. The smallest absolute Gasteiger partial charge is 0.330 e. The number of carbonyl (C=O) groups is 2. The van der Waals surface area contributed by atoms with Gasteiger partial charge in [-0.25, -0.2) is 4.79 Å². The van der Waals surface area contributed by atoms with Crippen LogP contribution in [0.3, 0.4) is 0 Å². The van der Waals surface area contributed by atoms with Crippen LogP contribution in [0, 0.1) is 0 Å². The first-order chi connectivity index (χ1) is 7.15. The maximum Gasteiger partial charge on any atom is 0.330 e. The van der Waals surface area contributed by atoms with E-state index in [1.165, 1.54) is 19.3 Å². The number of carbonyl (C=O) groups excluding carboxylic acids is 2. The van der Waals surface area contributed by atoms with Gasteiger partial charge in [-0.05, 0) is 17.7 Å². The Kier molecular flexibility index (Phi) is 3.62. The van der Waals surface area contributed by atoms with Gasteiger partial charge in [0.1, 0.15) is 0 Å². The van der Waals surface area contributed by atoms with E-state index in [9.17, 15) is 9.59 Å². The molecule has 0 unspecified atom stereocenters. The van der Waals surface area contributed by atoms with E-state index in [-0.39, 0.29) is 0 Å². The maximum absolute atomic E-state index is 11.0. The molecule has 4 heteroatoms. The van der Waals surface area contributed by atoms with Crippen molar-refractivity contribution in [1.82, 2.24) is 0 Å². The van der Waals surface area contributed by atoms with Gasteiger partial charge >= 0.3 is 5.97 Å². The van der Waals surface area contributed by atoms with Gasteiger partial charge in [-0.3, -0.25) is 4.79 Å². The summed E-state index contributed by atoms with van der Waals surface area (Å²) in [4.78, 5) is 21.8. The fourth-order valence-electron chi connectivity index (χ4n) is 1.09. The number of amides is 1. The van der Waals surface area contributed by atoms with Gasteiger partial charge < -0.3 is 10.5 Å². The van der Waals surface area contributed by atoms with Crippen LogP contribution in [-0.2, 0) is 9.53 Å². The topological polar surface area (TPSA) is 69.4 Å². The summed E-state index contributed by atoms with van der Waals surface area (Å²) >= 11 is 0. The number of benzene rings is 1. The third-order valence-corrected chi connectivity index (χ3v) is 1.83. The number of rotatable bonds is 3. The third-order valence-electron chi connectivity index (χ3n) is 1.83. The summed E-state index contributed by atoms with van der Waals surface area (Å²) in [5.41, 5.74) is 6.13. The van der Waals surface area contributed by atoms with Crippen LogP contribution in [-0.4, -0.2) is 19.0 Å². The number of methoxy groups -OCH3 is 1. The van der Waals surface area contributed by atoms with Crippen molar-refractivity contribution in [3.8, 4) is 0 Å². The van der Waals surface area contributed by atoms with Gasteiger partial charge in [0, 0.05) is 11.6 Å². The summed E-state index contributed by atoms with van der Waals surface area (Å²) in [6, 6.07) is 6.75. The Hall–Kier alpha value is -2.10. The second kappa shape index (κ2) is 4.95. The lowest BCUT2D eigenvalue weighted by Crippen LogP contribution is -2.12. The molecule has 15 heavy (non-hydrogen) atoms. The van der Waals surface area contributed by atoms with Crippen LogP contribution < -0.4 is 5.73 Å². The van der Waals surface area contributed by atoms with Crippen LogP contribution >= 0.6 is 0 Å². The van der Waals surface area contributed by atoms with Gasteiger partial charge in [0.05, 0.1) is 7.11 Å². The van der Waals surface area contributed by atoms with Crippen LogP contribution in [0.25, 0.3) is 6.08 Å². The lowest BCUT2D eigenvalue weighted by atomic mass is 10.1. The Morgan fingerprint density at radius 2 is 2.00 bits per heavy atom. The summed E-state index contributed by atoms with van der Waals surface area (Å²) in [7, 11) is 1.28. The van der Waals surface area contributed by atoms with E-state index in [0.717, 1.165) is 0 Å². The number of ether oxygens (including phenoxy) is 1. The van der Waals surface area contributed by atoms with Gasteiger partial charge in [0.15, 0.2) is 0 Å². The molecular weight excluding hydrogens is 194 g/mol. The summed E-state index contributed by atoms with van der Waals surface area (Å²) in [6.45, 7) is 0. The zero-order chi connectivity index (χ0) is 11.3. The summed E-state index contributed by atoms with van der Waals surface area (Å²) < 4.78 is 4.43. The second-order valence-electron chi connectivity index (χ2n) is 2.81. The monoisotopic (exact) mass is 205 g/mol. The van der Waals surface area contributed by atoms with Crippen molar-refractivity contribution in [2.45, 2.75) is 0 Å². The molecule has 2 N–H and O–H groups in total. The second-order valence-corrected chi connectivity index (χ2v) is 2.81. The summed E-state index contributed by atoms with van der Waals surface area (Å²) in [5, 5.41) is 0. The van der Waals surface area contributed by atoms with E-state index in [1.54, 1.807) is 24.3 Å². The molecule has 0 aliphatic heterocycles. The number of primary amides is 1. The van der Waals surface area contributed by atoms with Crippen molar-refractivity contribution < 1.29 is 14.3 Å².